The number of benzene rings is 1. The molecule has 1 unspecified atom stereocenters. The van der Waals surface area contributed by atoms with Crippen molar-refractivity contribution in [1.82, 2.24) is 14.5 Å². The van der Waals surface area contributed by atoms with E-state index in [4.69, 9.17) is 0 Å². The number of nitrogens with one attached hydrogen (secondary N) is 1. The van der Waals surface area contributed by atoms with Gasteiger partial charge in [0.1, 0.15) is 0 Å². The highest BCUT2D eigenvalue weighted by Crippen LogP contribution is 2.36. The molecule has 1 aliphatic rings. The third-order valence-electron chi connectivity index (χ3n) is 3.82. The predicted molar refractivity (Wildman–Crippen MR) is 90.0 cm³/mol. The quantitative estimate of drug-likeness (QED) is 0.923. The minimum Gasteiger partial charge on any atom is -0.321 e. The van der Waals surface area contributed by atoms with Crippen molar-refractivity contribution in [2.45, 2.75) is 19.4 Å². The van der Waals surface area contributed by atoms with Crippen LogP contribution in [-0.4, -0.2) is 43.1 Å². The molecule has 0 saturated carbocycles. The molecule has 0 saturated heterocycles. The van der Waals surface area contributed by atoms with Crippen molar-refractivity contribution < 1.29 is 8.42 Å². The van der Waals surface area contributed by atoms with Gasteiger partial charge in [0, 0.05) is 25.8 Å². The van der Waals surface area contributed by atoms with Gasteiger partial charge in [-0.1, -0.05) is 18.2 Å². The number of hydrogen-bond donors (Lipinski definition) is 1. The van der Waals surface area contributed by atoms with Gasteiger partial charge in [-0.25, -0.2) is 0 Å². The summed E-state index contributed by atoms with van der Waals surface area (Å²) < 4.78 is 27.0. The Morgan fingerprint density at radius 2 is 1.91 bits per heavy atom. The smallest absolute Gasteiger partial charge is 0.302 e. The molecule has 0 radical (unpaired) electrons. The highest BCUT2D eigenvalue weighted by molar-refractivity contribution is 7.90. The minimum atomic E-state index is -3.58. The van der Waals surface area contributed by atoms with Crippen LogP contribution in [0.2, 0.25) is 0 Å². The normalized spacial score (nSPS) is 17.4. The Morgan fingerprint density at radius 3 is 2.57 bits per heavy atom. The molecule has 0 aliphatic carbocycles. The summed E-state index contributed by atoms with van der Waals surface area (Å²) in [6.07, 6.45) is 0.951. The zero-order valence-corrected chi connectivity index (χ0v) is 14.1. The van der Waals surface area contributed by atoms with Crippen molar-refractivity contribution in [3.63, 3.8) is 0 Å². The van der Waals surface area contributed by atoms with E-state index in [2.05, 4.69) is 38.9 Å². The fourth-order valence-electron chi connectivity index (χ4n) is 2.65. The van der Waals surface area contributed by atoms with Gasteiger partial charge in [-0.3, -0.25) is 4.72 Å². The maximum absolute atomic E-state index is 11.8. The average Bonchev–Trinajstić information content (AvgIpc) is 2.83. The third kappa shape index (κ3) is 2.99. The van der Waals surface area contributed by atoms with Crippen molar-refractivity contribution in [1.29, 1.82) is 0 Å². The van der Waals surface area contributed by atoms with Gasteiger partial charge in [0.05, 0.1) is 0 Å². The van der Waals surface area contributed by atoms with Crippen LogP contribution >= 0.6 is 0 Å². The van der Waals surface area contributed by atoms with Gasteiger partial charge in [-0.15, -0.1) is 10.2 Å². The molecule has 3 rings (SSSR count). The van der Waals surface area contributed by atoms with E-state index < -0.39 is 10.2 Å². The van der Waals surface area contributed by atoms with Crippen LogP contribution in [0.5, 0.6) is 0 Å². The first kappa shape index (κ1) is 15.7. The number of fused-ring (bicyclic) bond motifs is 1. The molecule has 1 aliphatic heterocycles. The van der Waals surface area contributed by atoms with E-state index in [1.54, 1.807) is 12.1 Å². The van der Waals surface area contributed by atoms with Crippen molar-refractivity contribution in [2.24, 2.45) is 0 Å². The van der Waals surface area contributed by atoms with Crippen molar-refractivity contribution >= 4 is 27.5 Å². The van der Waals surface area contributed by atoms with E-state index in [1.807, 2.05) is 12.1 Å². The predicted octanol–water partition coefficient (Wildman–Crippen LogP) is 1.78. The molecule has 1 N–H and O–H groups in total. The topological polar surface area (TPSA) is 78.4 Å². The summed E-state index contributed by atoms with van der Waals surface area (Å²) in [5.74, 6) is 0.901. The number of aromatic nitrogens is 2. The second-order valence-corrected chi connectivity index (χ2v) is 7.60. The molecule has 23 heavy (non-hydrogen) atoms. The molecular weight excluding hydrogens is 314 g/mol. The minimum absolute atomic E-state index is 0.197. The van der Waals surface area contributed by atoms with Crippen LogP contribution < -0.4 is 9.62 Å². The summed E-state index contributed by atoms with van der Waals surface area (Å²) in [5, 5.41) is 8.17. The average molecular weight is 333 g/mol. The van der Waals surface area contributed by atoms with Crippen LogP contribution in [0.1, 0.15) is 12.5 Å². The first-order valence-electron chi connectivity index (χ1n) is 7.29. The Bertz CT molecular complexity index is 805. The maximum Gasteiger partial charge on any atom is 0.302 e. The zero-order valence-electron chi connectivity index (χ0n) is 13.3. The van der Waals surface area contributed by atoms with E-state index in [9.17, 15) is 8.42 Å². The standard InChI is InChI=1S/C15H19N5O2S/c1-11-10-12-6-4-5-7-13(12)20(11)15-9-8-14(16-17-15)18-23(21,22)19(2)3/h4-9,11H,10H2,1-3H3,(H,16,18). The molecule has 0 fully saturated rings. The summed E-state index contributed by atoms with van der Waals surface area (Å²) in [7, 11) is -0.673. The molecule has 1 aromatic heterocycles. The van der Waals surface area contributed by atoms with Crippen molar-refractivity contribution in [3.05, 3.63) is 42.0 Å². The second-order valence-electron chi connectivity index (χ2n) is 5.72. The fraction of sp³-hybridized carbons (Fsp3) is 0.333. The van der Waals surface area contributed by atoms with Gasteiger partial charge < -0.3 is 4.90 Å². The number of rotatable bonds is 4. The molecule has 122 valence electrons. The van der Waals surface area contributed by atoms with Crippen LogP contribution in [0, 0.1) is 0 Å². The van der Waals surface area contributed by atoms with E-state index in [0.29, 0.717) is 5.82 Å². The van der Waals surface area contributed by atoms with Crippen molar-refractivity contribution in [2.75, 3.05) is 23.7 Å². The van der Waals surface area contributed by atoms with E-state index in [1.165, 1.54) is 19.7 Å². The Balaban J connectivity index is 1.86. The van der Waals surface area contributed by atoms with E-state index in [-0.39, 0.29) is 11.9 Å². The summed E-state index contributed by atoms with van der Waals surface area (Å²) in [6, 6.07) is 11.9. The van der Waals surface area contributed by atoms with Gasteiger partial charge in [0.25, 0.3) is 0 Å². The van der Waals surface area contributed by atoms with Crippen molar-refractivity contribution in [3.8, 4) is 0 Å². The Kier molecular flexibility index (Phi) is 3.95. The molecule has 8 heteroatoms. The van der Waals surface area contributed by atoms with Crippen LogP contribution in [0.25, 0.3) is 0 Å². The van der Waals surface area contributed by atoms with E-state index in [0.717, 1.165) is 16.4 Å². The molecule has 0 spiro atoms. The molecule has 0 amide bonds. The lowest BCUT2D eigenvalue weighted by molar-refractivity contribution is 0.526. The molecule has 7 nitrogen and oxygen atoms in total. The van der Waals surface area contributed by atoms with Gasteiger partial charge >= 0.3 is 10.2 Å². The first-order chi connectivity index (χ1) is 10.9. The van der Waals surface area contributed by atoms with Gasteiger partial charge in [0.15, 0.2) is 11.6 Å². The first-order valence-corrected chi connectivity index (χ1v) is 8.73. The Labute approximate surface area is 136 Å². The fourth-order valence-corrected chi connectivity index (χ4v) is 3.20. The number of para-hydroxylation sites is 1. The Morgan fingerprint density at radius 1 is 1.17 bits per heavy atom. The maximum atomic E-state index is 11.8. The summed E-state index contributed by atoms with van der Waals surface area (Å²) in [5.41, 5.74) is 2.40. The molecule has 1 atom stereocenters. The number of nitrogens with zero attached hydrogens (tertiary/aromatic N) is 4. The van der Waals surface area contributed by atoms with Crippen LogP contribution in [0.4, 0.5) is 17.3 Å². The van der Waals surface area contributed by atoms with Gasteiger partial charge in [-0.2, -0.15) is 12.7 Å². The van der Waals surface area contributed by atoms with Crippen LogP contribution in [-0.2, 0) is 16.6 Å². The lowest BCUT2D eigenvalue weighted by Gasteiger charge is -2.23. The van der Waals surface area contributed by atoms with E-state index >= 15 is 0 Å². The highest BCUT2D eigenvalue weighted by Gasteiger charge is 2.28. The zero-order chi connectivity index (χ0) is 16.6. The summed E-state index contributed by atoms with van der Waals surface area (Å²) >= 11 is 0. The molecular formula is C15H19N5O2S. The monoisotopic (exact) mass is 333 g/mol. The highest BCUT2D eigenvalue weighted by atomic mass is 32.2. The summed E-state index contributed by atoms with van der Waals surface area (Å²) in [6.45, 7) is 2.13. The lowest BCUT2D eigenvalue weighted by Crippen LogP contribution is -2.29. The summed E-state index contributed by atoms with van der Waals surface area (Å²) in [4.78, 5) is 2.12. The van der Waals surface area contributed by atoms with Gasteiger partial charge in [0.2, 0.25) is 0 Å². The number of hydrogen-bond acceptors (Lipinski definition) is 5. The van der Waals surface area contributed by atoms with Gasteiger partial charge in [-0.05, 0) is 37.1 Å². The lowest BCUT2D eigenvalue weighted by atomic mass is 10.1. The number of anilines is 3. The molecule has 1 aromatic carbocycles. The third-order valence-corrected chi connectivity index (χ3v) is 5.25. The second kappa shape index (κ2) is 5.78. The Hall–Kier alpha value is -2.19. The molecule has 2 aromatic rings. The largest absolute Gasteiger partial charge is 0.321 e. The van der Waals surface area contributed by atoms with Crippen LogP contribution in [0.3, 0.4) is 0 Å². The molecule has 0 bridgehead atoms. The molecule has 2 heterocycles. The van der Waals surface area contributed by atoms with Crippen LogP contribution in [0.15, 0.2) is 36.4 Å². The SMILES string of the molecule is CC1Cc2ccccc2N1c1ccc(NS(=O)(=O)N(C)C)nn1.